The van der Waals surface area contributed by atoms with Gasteiger partial charge in [-0.15, -0.1) is 0 Å². The van der Waals surface area contributed by atoms with Gasteiger partial charge in [0.1, 0.15) is 0 Å². The minimum Gasteiger partial charge on any atom is -0.465 e. The minimum atomic E-state index is -0.662. The summed E-state index contributed by atoms with van der Waals surface area (Å²) in [5.41, 5.74) is 2.49. The minimum absolute atomic E-state index is 0.0749. The summed E-state index contributed by atoms with van der Waals surface area (Å²) in [5, 5.41) is 7.97. The van der Waals surface area contributed by atoms with Crippen molar-refractivity contribution >= 4 is 40.9 Å². The van der Waals surface area contributed by atoms with Gasteiger partial charge < -0.3 is 25.4 Å². The van der Waals surface area contributed by atoms with Crippen molar-refractivity contribution in [3.05, 3.63) is 53.1 Å². The van der Waals surface area contributed by atoms with E-state index in [4.69, 9.17) is 0 Å². The molecule has 9 heteroatoms. The zero-order chi connectivity index (χ0) is 21.0. The highest BCUT2D eigenvalue weighted by Crippen LogP contribution is 2.26. The maximum Gasteiger partial charge on any atom is 0.337 e. The number of nitrogens with one attached hydrogen (secondary N) is 3. The topological polar surface area (TPSA) is 123 Å². The van der Waals surface area contributed by atoms with Crippen molar-refractivity contribution < 1.29 is 28.7 Å². The molecule has 1 aliphatic heterocycles. The van der Waals surface area contributed by atoms with Crippen LogP contribution in [0.25, 0.3) is 0 Å². The fourth-order valence-corrected chi connectivity index (χ4v) is 2.91. The van der Waals surface area contributed by atoms with Crippen LogP contribution in [0.5, 0.6) is 0 Å². The highest BCUT2D eigenvalue weighted by Gasteiger charge is 2.17. The number of amides is 3. The van der Waals surface area contributed by atoms with E-state index in [0.29, 0.717) is 24.2 Å². The van der Waals surface area contributed by atoms with E-state index >= 15 is 0 Å². The van der Waals surface area contributed by atoms with Gasteiger partial charge in [0.2, 0.25) is 5.91 Å². The van der Waals surface area contributed by atoms with Gasteiger partial charge in [-0.25, -0.2) is 14.4 Å². The number of fused-ring (bicyclic) bond motifs is 1. The molecule has 0 fully saturated rings. The van der Waals surface area contributed by atoms with E-state index in [-0.39, 0.29) is 22.7 Å². The molecule has 0 aliphatic carbocycles. The van der Waals surface area contributed by atoms with Crippen LogP contribution in [0.3, 0.4) is 0 Å². The van der Waals surface area contributed by atoms with Gasteiger partial charge in [-0.1, -0.05) is 6.07 Å². The standard InChI is InChI=1S/C20H19N3O6/c1-28-18(25)12-7-13(19(26)29-2)9-15(8-12)22-20(27)21-14-5-3-11-4-6-17(24)23-16(11)10-14/h3,5,7-10H,4,6H2,1-2H3,(H,23,24)(H2,21,22,27). The maximum absolute atomic E-state index is 12.4. The summed E-state index contributed by atoms with van der Waals surface area (Å²) in [4.78, 5) is 47.6. The normalized spacial score (nSPS) is 12.3. The van der Waals surface area contributed by atoms with E-state index in [1.165, 1.54) is 32.4 Å². The number of hydrogen-bond acceptors (Lipinski definition) is 6. The molecule has 0 bridgehead atoms. The largest absolute Gasteiger partial charge is 0.465 e. The molecule has 0 saturated carbocycles. The van der Waals surface area contributed by atoms with Gasteiger partial charge in [0.25, 0.3) is 0 Å². The third-order valence-electron chi connectivity index (χ3n) is 4.30. The summed E-state index contributed by atoms with van der Waals surface area (Å²) in [7, 11) is 2.42. The molecule has 150 valence electrons. The van der Waals surface area contributed by atoms with Crippen molar-refractivity contribution in [3.63, 3.8) is 0 Å². The second kappa shape index (κ2) is 8.42. The molecule has 0 spiro atoms. The Morgan fingerprint density at radius 2 is 1.48 bits per heavy atom. The fraction of sp³-hybridized carbons (Fsp3) is 0.200. The van der Waals surface area contributed by atoms with Gasteiger partial charge in [0.15, 0.2) is 0 Å². The zero-order valence-corrected chi connectivity index (χ0v) is 15.8. The van der Waals surface area contributed by atoms with Gasteiger partial charge in [0.05, 0.1) is 25.3 Å². The van der Waals surface area contributed by atoms with Gasteiger partial charge in [-0.05, 0) is 42.3 Å². The summed E-state index contributed by atoms with van der Waals surface area (Å²) >= 11 is 0. The Hall–Kier alpha value is -3.88. The van der Waals surface area contributed by atoms with Crippen molar-refractivity contribution in [1.82, 2.24) is 0 Å². The SMILES string of the molecule is COC(=O)c1cc(NC(=O)Nc2ccc3c(c2)NC(=O)CC3)cc(C(=O)OC)c1. The first-order chi connectivity index (χ1) is 13.9. The number of methoxy groups -OCH3 is 2. The number of rotatable bonds is 4. The number of anilines is 3. The lowest BCUT2D eigenvalue weighted by atomic mass is 10.0. The second-order valence-corrected chi connectivity index (χ2v) is 6.28. The molecule has 1 heterocycles. The lowest BCUT2D eigenvalue weighted by molar-refractivity contribution is -0.116. The summed E-state index contributed by atoms with van der Waals surface area (Å²) in [6, 6.07) is 8.70. The molecule has 3 rings (SSSR count). The van der Waals surface area contributed by atoms with Gasteiger partial charge in [-0.3, -0.25) is 4.79 Å². The smallest absolute Gasteiger partial charge is 0.337 e. The van der Waals surface area contributed by atoms with Crippen LogP contribution in [0.15, 0.2) is 36.4 Å². The van der Waals surface area contributed by atoms with Crippen molar-refractivity contribution in [2.75, 3.05) is 30.2 Å². The Morgan fingerprint density at radius 1 is 0.862 bits per heavy atom. The number of ether oxygens (including phenoxy) is 2. The number of aryl methyl sites for hydroxylation is 1. The summed E-state index contributed by atoms with van der Waals surface area (Å²) < 4.78 is 9.34. The summed E-state index contributed by atoms with van der Waals surface area (Å²) in [5.74, 6) is -1.40. The van der Waals surface area contributed by atoms with Gasteiger partial charge in [-0.2, -0.15) is 0 Å². The average molecular weight is 397 g/mol. The van der Waals surface area contributed by atoms with Crippen LogP contribution in [0.1, 0.15) is 32.7 Å². The van der Waals surface area contributed by atoms with Crippen LogP contribution in [-0.2, 0) is 20.7 Å². The molecule has 2 aromatic carbocycles. The lowest BCUT2D eigenvalue weighted by Gasteiger charge is -2.18. The van der Waals surface area contributed by atoms with Crippen molar-refractivity contribution in [2.24, 2.45) is 0 Å². The molecule has 0 radical (unpaired) electrons. The number of carbonyl (C=O) groups excluding carboxylic acids is 4. The first-order valence-electron chi connectivity index (χ1n) is 8.72. The predicted octanol–water partition coefficient (Wildman–Crippen LogP) is 2.79. The first kappa shape index (κ1) is 19.9. The third kappa shape index (κ3) is 4.70. The molecular weight excluding hydrogens is 378 g/mol. The molecular formula is C20H19N3O6. The number of carbonyl (C=O) groups is 4. The molecule has 1 aliphatic rings. The van der Waals surface area contributed by atoms with E-state index in [0.717, 1.165) is 5.56 Å². The molecule has 9 nitrogen and oxygen atoms in total. The van der Waals surface area contributed by atoms with Crippen LogP contribution in [0.4, 0.5) is 21.9 Å². The van der Waals surface area contributed by atoms with Crippen LogP contribution in [0.2, 0.25) is 0 Å². The maximum atomic E-state index is 12.4. The highest BCUT2D eigenvalue weighted by atomic mass is 16.5. The number of benzene rings is 2. The molecule has 29 heavy (non-hydrogen) atoms. The molecule has 0 atom stereocenters. The Bertz CT molecular complexity index is 967. The number of esters is 2. The van der Waals surface area contributed by atoms with Crippen LogP contribution < -0.4 is 16.0 Å². The molecule has 3 N–H and O–H groups in total. The Balaban J connectivity index is 1.78. The Labute approximate surface area is 166 Å². The highest BCUT2D eigenvalue weighted by molar-refractivity contribution is 6.03. The fourth-order valence-electron chi connectivity index (χ4n) is 2.91. The summed E-state index contributed by atoms with van der Waals surface area (Å²) in [6.45, 7) is 0. The van der Waals surface area contributed by atoms with Crippen LogP contribution in [-0.4, -0.2) is 38.1 Å². The Kier molecular flexibility index (Phi) is 5.77. The van der Waals surface area contributed by atoms with E-state index in [2.05, 4.69) is 25.4 Å². The lowest BCUT2D eigenvalue weighted by Crippen LogP contribution is -2.22. The summed E-state index contributed by atoms with van der Waals surface area (Å²) in [6.07, 6.45) is 1.07. The molecule has 3 amide bonds. The van der Waals surface area contributed by atoms with Crippen LogP contribution in [0, 0.1) is 0 Å². The molecule has 0 saturated heterocycles. The van der Waals surface area contributed by atoms with Gasteiger partial charge in [0, 0.05) is 23.5 Å². The number of hydrogen-bond donors (Lipinski definition) is 3. The second-order valence-electron chi connectivity index (χ2n) is 6.28. The molecule has 0 unspecified atom stereocenters. The quantitative estimate of drug-likeness (QED) is 0.682. The van der Waals surface area contributed by atoms with Gasteiger partial charge >= 0.3 is 18.0 Å². The van der Waals surface area contributed by atoms with Crippen molar-refractivity contribution in [1.29, 1.82) is 0 Å². The zero-order valence-electron chi connectivity index (χ0n) is 15.8. The first-order valence-corrected chi connectivity index (χ1v) is 8.72. The van der Waals surface area contributed by atoms with Crippen molar-refractivity contribution in [3.8, 4) is 0 Å². The predicted molar refractivity (Wildman–Crippen MR) is 105 cm³/mol. The van der Waals surface area contributed by atoms with Crippen molar-refractivity contribution in [2.45, 2.75) is 12.8 Å². The van der Waals surface area contributed by atoms with Crippen LogP contribution >= 0.6 is 0 Å². The van der Waals surface area contributed by atoms with E-state index in [1.807, 2.05) is 6.07 Å². The molecule has 2 aromatic rings. The van der Waals surface area contributed by atoms with E-state index in [1.54, 1.807) is 12.1 Å². The van der Waals surface area contributed by atoms with E-state index < -0.39 is 18.0 Å². The molecule has 0 aromatic heterocycles. The van der Waals surface area contributed by atoms with E-state index in [9.17, 15) is 19.2 Å². The third-order valence-corrected chi connectivity index (χ3v) is 4.30. The monoisotopic (exact) mass is 397 g/mol. The Morgan fingerprint density at radius 3 is 2.10 bits per heavy atom. The number of urea groups is 1. The average Bonchev–Trinajstić information content (AvgIpc) is 2.71.